The Morgan fingerprint density at radius 1 is 1.00 bits per heavy atom. The summed E-state index contributed by atoms with van der Waals surface area (Å²) in [5.41, 5.74) is 1.79. The molecule has 4 heteroatoms. The maximum atomic E-state index is 13.6. The topological polar surface area (TPSA) is 59.7 Å². The lowest BCUT2D eigenvalue weighted by Gasteiger charge is -2.24. The second-order valence-electron chi connectivity index (χ2n) is 8.88. The third-order valence-corrected chi connectivity index (χ3v) is 6.75. The van der Waals surface area contributed by atoms with Crippen LogP contribution in [0.3, 0.4) is 0 Å². The number of hydrogen-bond acceptors (Lipinski definition) is 4. The van der Waals surface area contributed by atoms with Crippen LogP contribution in [0.2, 0.25) is 0 Å². The Kier molecular flexibility index (Phi) is 6.91. The van der Waals surface area contributed by atoms with E-state index in [9.17, 15) is 4.79 Å². The predicted molar refractivity (Wildman–Crippen MR) is 116 cm³/mol. The molecule has 1 heterocycles. The van der Waals surface area contributed by atoms with Crippen LogP contribution in [0.1, 0.15) is 87.9 Å². The van der Waals surface area contributed by atoms with Gasteiger partial charge in [-0.25, -0.2) is 0 Å². The van der Waals surface area contributed by atoms with Crippen molar-refractivity contribution >= 4 is 11.0 Å². The zero-order valence-electron chi connectivity index (χ0n) is 17.5. The van der Waals surface area contributed by atoms with E-state index in [0.29, 0.717) is 35.7 Å². The molecular formula is C25H34O4. The molecule has 0 amide bonds. The van der Waals surface area contributed by atoms with Gasteiger partial charge in [-0.2, -0.15) is 0 Å². The highest BCUT2D eigenvalue weighted by Gasteiger charge is 2.27. The molecule has 2 saturated carbocycles. The monoisotopic (exact) mass is 398 g/mol. The molecule has 1 N–H and O–H groups in total. The zero-order valence-corrected chi connectivity index (χ0v) is 17.5. The van der Waals surface area contributed by atoms with Gasteiger partial charge in [0.1, 0.15) is 5.58 Å². The van der Waals surface area contributed by atoms with Crippen LogP contribution in [-0.4, -0.2) is 18.3 Å². The molecule has 0 unspecified atom stereocenters. The molecule has 0 bridgehead atoms. The minimum atomic E-state index is -0.0174. The Morgan fingerprint density at radius 2 is 1.72 bits per heavy atom. The minimum Gasteiger partial charge on any atom is -0.486 e. The summed E-state index contributed by atoms with van der Waals surface area (Å²) in [6, 6.07) is 6.05. The van der Waals surface area contributed by atoms with Crippen LogP contribution in [0, 0.1) is 5.92 Å². The summed E-state index contributed by atoms with van der Waals surface area (Å²) in [7, 11) is 0. The van der Waals surface area contributed by atoms with E-state index in [-0.39, 0.29) is 18.0 Å². The zero-order chi connectivity index (χ0) is 20.1. The SMILES string of the molecule is O=c1c(OCCCO)c(C2CCCCC2)oc2cccc(CC3CCCCC3)c12. The molecule has 4 rings (SSSR count). The second-order valence-corrected chi connectivity index (χ2v) is 8.88. The van der Waals surface area contributed by atoms with Crippen LogP contribution >= 0.6 is 0 Å². The quantitative estimate of drug-likeness (QED) is 0.606. The second kappa shape index (κ2) is 9.80. The maximum Gasteiger partial charge on any atom is 0.235 e. The highest BCUT2D eigenvalue weighted by atomic mass is 16.5. The number of ether oxygens (including phenoxy) is 1. The summed E-state index contributed by atoms with van der Waals surface area (Å²) >= 11 is 0. The number of rotatable bonds is 7. The van der Waals surface area contributed by atoms with Gasteiger partial charge in [-0.3, -0.25) is 4.79 Å². The van der Waals surface area contributed by atoms with Crippen molar-refractivity contribution < 1.29 is 14.3 Å². The molecular weight excluding hydrogens is 364 g/mol. The largest absolute Gasteiger partial charge is 0.486 e. The molecule has 4 nitrogen and oxygen atoms in total. The molecule has 2 aromatic rings. The fourth-order valence-corrected chi connectivity index (χ4v) is 5.19. The van der Waals surface area contributed by atoms with E-state index < -0.39 is 0 Å². The minimum absolute atomic E-state index is 0.0174. The molecule has 29 heavy (non-hydrogen) atoms. The molecule has 158 valence electrons. The number of benzene rings is 1. The van der Waals surface area contributed by atoms with Crippen LogP contribution < -0.4 is 10.2 Å². The first-order valence-electron chi connectivity index (χ1n) is 11.6. The average Bonchev–Trinajstić information content (AvgIpc) is 2.76. The Labute approximate surface area is 173 Å². The summed E-state index contributed by atoms with van der Waals surface area (Å²) in [6.45, 7) is 0.405. The molecule has 0 saturated heterocycles. The molecule has 1 aromatic heterocycles. The summed E-state index contributed by atoms with van der Waals surface area (Å²) in [6.07, 6.45) is 13.6. The fraction of sp³-hybridized carbons (Fsp3) is 0.640. The molecule has 2 aliphatic carbocycles. The van der Waals surface area contributed by atoms with Crippen molar-refractivity contribution in [2.75, 3.05) is 13.2 Å². The Hall–Kier alpha value is -1.81. The molecule has 0 radical (unpaired) electrons. The van der Waals surface area contributed by atoms with Gasteiger partial charge in [0.05, 0.1) is 12.0 Å². The van der Waals surface area contributed by atoms with Crippen molar-refractivity contribution in [2.24, 2.45) is 5.92 Å². The number of fused-ring (bicyclic) bond motifs is 1. The predicted octanol–water partition coefficient (Wildman–Crippen LogP) is 5.72. The van der Waals surface area contributed by atoms with Gasteiger partial charge in [0, 0.05) is 18.9 Å². The van der Waals surface area contributed by atoms with Gasteiger partial charge in [-0.05, 0) is 36.8 Å². The van der Waals surface area contributed by atoms with Crippen LogP contribution in [0.5, 0.6) is 5.75 Å². The van der Waals surface area contributed by atoms with Crippen LogP contribution in [0.25, 0.3) is 11.0 Å². The first-order valence-corrected chi connectivity index (χ1v) is 11.6. The summed E-state index contributed by atoms with van der Waals surface area (Å²) in [4.78, 5) is 13.6. The first-order chi connectivity index (χ1) is 14.3. The van der Waals surface area contributed by atoms with E-state index in [0.717, 1.165) is 30.6 Å². The molecule has 1 aromatic carbocycles. The number of hydrogen-bond donors (Lipinski definition) is 1. The maximum absolute atomic E-state index is 13.6. The fourth-order valence-electron chi connectivity index (χ4n) is 5.19. The van der Waals surface area contributed by atoms with Crippen molar-refractivity contribution in [1.29, 1.82) is 0 Å². The van der Waals surface area contributed by atoms with E-state index in [1.165, 1.54) is 51.4 Å². The normalized spacial score (nSPS) is 18.9. The summed E-state index contributed by atoms with van der Waals surface area (Å²) < 4.78 is 12.3. The van der Waals surface area contributed by atoms with Gasteiger partial charge in [0.15, 0.2) is 5.76 Å². The smallest absolute Gasteiger partial charge is 0.235 e. The van der Waals surface area contributed by atoms with E-state index in [2.05, 4.69) is 6.07 Å². The van der Waals surface area contributed by atoms with E-state index in [1.807, 2.05) is 12.1 Å². The lowest BCUT2D eigenvalue weighted by molar-refractivity contribution is 0.224. The van der Waals surface area contributed by atoms with Gasteiger partial charge < -0.3 is 14.3 Å². The Bertz CT molecular complexity index is 857. The summed E-state index contributed by atoms with van der Waals surface area (Å²) in [5.74, 6) is 2.04. The van der Waals surface area contributed by atoms with Crippen molar-refractivity contribution in [3.8, 4) is 5.75 Å². The van der Waals surface area contributed by atoms with Gasteiger partial charge in [-0.15, -0.1) is 0 Å². The molecule has 2 aliphatic rings. The van der Waals surface area contributed by atoms with Crippen LogP contribution in [0.15, 0.2) is 27.4 Å². The highest BCUT2D eigenvalue weighted by molar-refractivity contribution is 5.82. The average molecular weight is 399 g/mol. The lowest BCUT2D eigenvalue weighted by atomic mass is 9.84. The molecule has 2 fully saturated rings. The van der Waals surface area contributed by atoms with Crippen molar-refractivity contribution in [3.63, 3.8) is 0 Å². The molecule has 0 spiro atoms. The Balaban J connectivity index is 1.75. The standard InChI is InChI=1S/C25H34O4/c26-15-8-16-28-25-23(27)22-20(17-18-9-3-1-4-10-18)13-7-14-21(22)29-24(25)19-11-5-2-6-12-19/h7,13-14,18-19,26H,1-6,8-12,15-17H2. The first kappa shape index (κ1) is 20.5. The van der Waals surface area contributed by atoms with Gasteiger partial charge in [-0.1, -0.05) is 63.5 Å². The van der Waals surface area contributed by atoms with Crippen molar-refractivity contribution in [1.82, 2.24) is 0 Å². The van der Waals surface area contributed by atoms with Gasteiger partial charge >= 0.3 is 0 Å². The number of aliphatic hydroxyl groups is 1. The van der Waals surface area contributed by atoms with E-state index in [1.54, 1.807) is 0 Å². The van der Waals surface area contributed by atoms with Crippen molar-refractivity contribution in [3.05, 3.63) is 39.7 Å². The Morgan fingerprint density at radius 3 is 2.45 bits per heavy atom. The highest BCUT2D eigenvalue weighted by Crippen LogP contribution is 2.38. The van der Waals surface area contributed by atoms with Gasteiger partial charge in [0.25, 0.3) is 0 Å². The third kappa shape index (κ3) is 4.69. The van der Waals surface area contributed by atoms with Crippen LogP contribution in [-0.2, 0) is 6.42 Å². The van der Waals surface area contributed by atoms with E-state index in [4.69, 9.17) is 14.3 Å². The van der Waals surface area contributed by atoms with E-state index >= 15 is 0 Å². The van der Waals surface area contributed by atoms with Gasteiger partial charge in [0.2, 0.25) is 11.2 Å². The lowest BCUT2D eigenvalue weighted by Crippen LogP contribution is -2.18. The molecule has 0 aliphatic heterocycles. The van der Waals surface area contributed by atoms with Crippen molar-refractivity contribution in [2.45, 2.75) is 83.0 Å². The number of aliphatic hydroxyl groups excluding tert-OH is 1. The molecule has 0 atom stereocenters. The van der Waals surface area contributed by atoms with Crippen LogP contribution in [0.4, 0.5) is 0 Å². The third-order valence-electron chi connectivity index (χ3n) is 6.75. The summed E-state index contributed by atoms with van der Waals surface area (Å²) in [5, 5.41) is 9.85.